The van der Waals surface area contributed by atoms with Gasteiger partial charge in [0.05, 0.1) is 0 Å². The van der Waals surface area contributed by atoms with Crippen LogP contribution in [-0.2, 0) is 0 Å². The first-order chi connectivity index (χ1) is 6.75. The lowest BCUT2D eigenvalue weighted by Gasteiger charge is -2.16. The molecule has 0 aromatic heterocycles. The minimum atomic E-state index is 0. The summed E-state index contributed by atoms with van der Waals surface area (Å²) in [4.78, 5) is 4.07. The van der Waals surface area contributed by atoms with Gasteiger partial charge in [0.1, 0.15) is 0 Å². The standard InChI is InChI=1S/C12H14N2.2HI/c1-13-7-3-11(4-8-13)12-5-9-14(2)10-6-12;;/h3-10H,1-2H3;2*1H/p-2. The van der Waals surface area contributed by atoms with Gasteiger partial charge in [0, 0.05) is 38.9 Å². The van der Waals surface area contributed by atoms with E-state index < -0.39 is 0 Å². The fraction of sp³-hybridized carbons (Fsp3) is 0.167. The van der Waals surface area contributed by atoms with Crippen molar-refractivity contribution in [3.05, 3.63) is 60.3 Å². The summed E-state index contributed by atoms with van der Waals surface area (Å²) in [5.74, 6) is 0. The molecule has 0 radical (unpaired) electrons. The van der Waals surface area contributed by atoms with E-state index in [1.54, 1.807) is 0 Å². The maximum atomic E-state index is 2.12. The Morgan fingerprint density at radius 3 is 1.12 bits per heavy atom. The first-order valence-electron chi connectivity index (χ1n) is 4.67. The van der Waals surface area contributed by atoms with E-state index in [0.717, 1.165) is 0 Å². The number of nitrogens with zero attached hydrogens (tertiary/aromatic N) is 2. The number of halogens is 2. The third-order valence-electron chi connectivity index (χ3n) is 2.29. The van der Waals surface area contributed by atoms with Gasteiger partial charge in [0.15, 0.2) is 0 Å². The van der Waals surface area contributed by atoms with Gasteiger partial charge in [-0.15, -0.1) is 0 Å². The van der Waals surface area contributed by atoms with Crippen LogP contribution in [0, 0.1) is 0 Å². The van der Waals surface area contributed by atoms with Crippen LogP contribution in [0.15, 0.2) is 60.3 Å². The molecule has 0 unspecified atom stereocenters. The predicted octanol–water partition coefficient (Wildman–Crippen LogP) is -3.76. The summed E-state index contributed by atoms with van der Waals surface area (Å²) >= 11 is 0. The van der Waals surface area contributed by atoms with Crippen molar-refractivity contribution in [3.8, 4) is 0 Å². The van der Waals surface area contributed by atoms with Crippen molar-refractivity contribution in [2.75, 3.05) is 14.1 Å². The molecule has 88 valence electrons. The van der Waals surface area contributed by atoms with Crippen molar-refractivity contribution in [2.24, 2.45) is 0 Å². The Morgan fingerprint density at radius 1 is 0.625 bits per heavy atom. The highest BCUT2D eigenvalue weighted by Gasteiger charge is 2.02. The molecule has 2 aliphatic heterocycles. The monoisotopic (exact) mass is 440 g/mol. The van der Waals surface area contributed by atoms with E-state index in [1.165, 1.54) is 11.1 Å². The van der Waals surface area contributed by atoms with Gasteiger partial charge in [-0.2, -0.15) is 0 Å². The van der Waals surface area contributed by atoms with E-state index in [2.05, 4.69) is 49.1 Å². The summed E-state index contributed by atoms with van der Waals surface area (Å²) in [5, 5.41) is 0. The SMILES string of the molecule is CN1C=CC(=C2C=CN(C)C=C2)C=C1.[I-].[I-]. The number of rotatable bonds is 0. The maximum absolute atomic E-state index is 2.12. The topological polar surface area (TPSA) is 6.48 Å². The zero-order chi connectivity index (χ0) is 9.97. The molecular formula is C12H14I2N2-2. The van der Waals surface area contributed by atoms with E-state index >= 15 is 0 Å². The van der Waals surface area contributed by atoms with E-state index in [4.69, 9.17) is 0 Å². The Balaban J connectivity index is 0.00000112. The zero-order valence-corrected chi connectivity index (χ0v) is 13.6. The van der Waals surface area contributed by atoms with Crippen molar-refractivity contribution < 1.29 is 48.0 Å². The fourth-order valence-electron chi connectivity index (χ4n) is 1.39. The summed E-state index contributed by atoms with van der Waals surface area (Å²) in [5.41, 5.74) is 2.51. The van der Waals surface area contributed by atoms with E-state index in [-0.39, 0.29) is 48.0 Å². The Labute approximate surface area is 131 Å². The second-order valence-corrected chi connectivity index (χ2v) is 3.50. The number of hydrogen-bond acceptors (Lipinski definition) is 2. The lowest BCUT2D eigenvalue weighted by Crippen LogP contribution is -3.00. The third-order valence-corrected chi connectivity index (χ3v) is 2.29. The van der Waals surface area contributed by atoms with Gasteiger partial charge in [-0.3, -0.25) is 0 Å². The normalized spacial score (nSPS) is 17.4. The van der Waals surface area contributed by atoms with Gasteiger partial charge < -0.3 is 57.8 Å². The van der Waals surface area contributed by atoms with Crippen molar-refractivity contribution in [1.82, 2.24) is 9.80 Å². The van der Waals surface area contributed by atoms with Crippen LogP contribution >= 0.6 is 0 Å². The number of allylic oxidation sites excluding steroid dienone is 6. The summed E-state index contributed by atoms with van der Waals surface area (Å²) < 4.78 is 0. The Kier molecular flexibility index (Phi) is 7.05. The van der Waals surface area contributed by atoms with E-state index in [0.29, 0.717) is 0 Å². The highest BCUT2D eigenvalue weighted by molar-refractivity contribution is 5.48. The van der Waals surface area contributed by atoms with Crippen LogP contribution in [0.5, 0.6) is 0 Å². The van der Waals surface area contributed by atoms with Crippen molar-refractivity contribution >= 4 is 0 Å². The second kappa shape index (κ2) is 7.16. The molecule has 0 aromatic carbocycles. The van der Waals surface area contributed by atoms with Gasteiger partial charge in [-0.25, -0.2) is 0 Å². The van der Waals surface area contributed by atoms with Crippen molar-refractivity contribution in [1.29, 1.82) is 0 Å². The minimum absolute atomic E-state index is 0. The molecule has 0 amide bonds. The predicted molar refractivity (Wildman–Crippen MR) is 59.1 cm³/mol. The number of hydrogen-bond donors (Lipinski definition) is 0. The molecule has 0 aliphatic carbocycles. The molecule has 0 saturated heterocycles. The molecule has 2 aliphatic rings. The summed E-state index contributed by atoms with van der Waals surface area (Å²) in [6, 6.07) is 0. The van der Waals surface area contributed by atoms with Gasteiger partial charge in [0.2, 0.25) is 0 Å². The largest absolute Gasteiger partial charge is 1.00 e. The maximum Gasteiger partial charge on any atom is 0.0106 e. The summed E-state index contributed by atoms with van der Waals surface area (Å²) in [7, 11) is 4.05. The Morgan fingerprint density at radius 2 is 0.875 bits per heavy atom. The van der Waals surface area contributed by atoms with Crippen LogP contribution in [0.4, 0.5) is 0 Å². The van der Waals surface area contributed by atoms with Crippen LogP contribution in [0.25, 0.3) is 0 Å². The Bertz CT molecular complexity index is 310. The first-order valence-corrected chi connectivity index (χ1v) is 4.67. The van der Waals surface area contributed by atoms with E-state index in [1.807, 2.05) is 23.9 Å². The molecule has 16 heavy (non-hydrogen) atoms. The quantitative estimate of drug-likeness (QED) is 0.358. The lowest BCUT2D eigenvalue weighted by molar-refractivity contribution is -0.001000. The van der Waals surface area contributed by atoms with Crippen LogP contribution in [0.1, 0.15) is 0 Å². The average molecular weight is 440 g/mol. The van der Waals surface area contributed by atoms with Gasteiger partial charge in [-0.1, -0.05) is 0 Å². The molecule has 0 bridgehead atoms. The smallest absolute Gasteiger partial charge is 0.0106 e. The van der Waals surface area contributed by atoms with Gasteiger partial charge in [0.25, 0.3) is 0 Å². The van der Waals surface area contributed by atoms with Gasteiger partial charge >= 0.3 is 0 Å². The highest BCUT2D eigenvalue weighted by atomic mass is 127. The lowest BCUT2D eigenvalue weighted by atomic mass is 10.1. The molecule has 0 saturated carbocycles. The first kappa shape index (κ1) is 15.8. The zero-order valence-electron chi connectivity index (χ0n) is 9.27. The molecule has 0 N–H and O–H groups in total. The molecule has 0 spiro atoms. The van der Waals surface area contributed by atoms with Crippen LogP contribution in [-0.4, -0.2) is 23.9 Å². The molecule has 2 heterocycles. The second-order valence-electron chi connectivity index (χ2n) is 3.50. The highest BCUT2D eigenvalue weighted by Crippen LogP contribution is 2.18. The van der Waals surface area contributed by atoms with Crippen molar-refractivity contribution in [3.63, 3.8) is 0 Å². The summed E-state index contributed by atoms with van der Waals surface area (Å²) in [6.07, 6.45) is 16.7. The van der Waals surface area contributed by atoms with E-state index in [9.17, 15) is 0 Å². The molecule has 0 aromatic rings. The molecule has 0 fully saturated rings. The van der Waals surface area contributed by atoms with Crippen molar-refractivity contribution in [2.45, 2.75) is 0 Å². The van der Waals surface area contributed by atoms with Crippen LogP contribution in [0.2, 0.25) is 0 Å². The van der Waals surface area contributed by atoms with Crippen LogP contribution in [0.3, 0.4) is 0 Å². The average Bonchev–Trinajstić information content (AvgIpc) is 2.21. The third kappa shape index (κ3) is 3.97. The fourth-order valence-corrected chi connectivity index (χ4v) is 1.39. The minimum Gasteiger partial charge on any atom is -1.00 e. The molecule has 2 nitrogen and oxygen atoms in total. The molecule has 0 atom stereocenters. The Hall–Kier alpha value is -0.240. The van der Waals surface area contributed by atoms with Gasteiger partial charge in [-0.05, 0) is 35.5 Å². The summed E-state index contributed by atoms with van der Waals surface area (Å²) in [6.45, 7) is 0. The molecule has 2 rings (SSSR count). The molecular weight excluding hydrogens is 426 g/mol. The molecule has 4 heteroatoms. The van der Waals surface area contributed by atoms with Crippen LogP contribution < -0.4 is 48.0 Å².